The van der Waals surface area contributed by atoms with Gasteiger partial charge in [0.05, 0.1) is 5.02 Å². The van der Waals surface area contributed by atoms with E-state index in [1.807, 2.05) is 6.07 Å². The van der Waals surface area contributed by atoms with Gasteiger partial charge < -0.3 is 10.6 Å². The Balaban J connectivity index is 2.01. The van der Waals surface area contributed by atoms with E-state index in [1.165, 1.54) is 6.42 Å². The largest absolute Gasteiger partial charge is 0.354 e. The van der Waals surface area contributed by atoms with Crippen LogP contribution in [0.25, 0.3) is 0 Å². The van der Waals surface area contributed by atoms with Crippen molar-refractivity contribution >= 4 is 17.4 Å². The van der Waals surface area contributed by atoms with E-state index in [9.17, 15) is 0 Å². The van der Waals surface area contributed by atoms with Gasteiger partial charge in [0.25, 0.3) is 0 Å². The fourth-order valence-corrected chi connectivity index (χ4v) is 2.63. The molecule has 2 rings (SSSR count). The van der Waals surface area contributed by atoms with Gasteiger partial charge in [0.2, 0.25) is 0 Å². The first-order valence-corrected chi connectivity index (χ1v) is 7.37. The van der Waals surface area contributed by atoms with Gasteiger partial charge in [-0.2, -0.15) is 0 Å². The first-order valence-electron chi connectivity index (χ1n) is 6.99. The van der Waals surface area contributed by atoms with Crippen LogP contribution in [-0.2, 0) is 6.54 Å². The lowest BCUT2D eigenvalue weighted by Crippen LogP contribution is -2.49. The van der Waals surface area contributed by atoms with Crippen LogP contribution in [0, 0.1) is 0 Å². The lowest BCUT2D eigenvalue weighted by molar-refractivity contribution is 0.192. The van der Waals surface area contributed by atoms with E-state index in [1.54, 1.807) is 6.20 Å². The highest BCUT2D eigenvalue weighted by atomic mass is 35.5. The number of nitrogens with zero attached hydrogens (tertiary/aromatic N) is 3. The predicted octanol–water partition coefficient (Wildman–Crippen LogP) is 2.11. The van der Waals surface area contributed by atoms with Crippen LogP contribution < -0.4 is 10.6 Å². The van der Waals surface area contributed by atoms with Crippen molar-refractivity contribution in [1.29, 1.82) is 0 Å². The zero-order chi connectivity index (χ0) is 13.8. The van der Waals surface area contributed by atoms with Crippen molar-refractivity contribution in [3.63, 3.8) is 0 Å². The third-order valence-electron chi connectivity index (χ3n) is 3.99. The highest BCUT2D eigenvalue weighted by molar-refractivity contribution is 6.31. The van der Waals surface area contributed by atoms with Gasteiger partial charge in [-0.1, -0.05) is 18.5 Å². The minimum absolute atomic E-state index is 0.460. The van der Waals surface area contributed by atoms with Crippen LogP contribution in [0.5, 0.6) is 0 Å². The maximum absolute atomic E-state index is 6.05. The smallest absolute Gasteiger partial charge is 0.128 e. The Morgan fingerprint density at radius 2 is 2.05 bits per heavy atom. The van der Waals surface area contributed by atoms with E-state index in [2.05, 4.69) is 28.6 Å². The lowest BCUT2D eigenvalue weighted by Gasteiger charge is -2.38. The number of nitrogens with two attached hydrogens (primary N) is 1. The minimum Gasteiger partial charge on any atom is -0.354 e. The number of halogens is 1. The van der Waals surface area contributed by atoms with E-state index in [4.69, 9.17) is 17.3 Å². The molecule has 2 N–H and O–H groups in total. The normalized spacial score (nSPS) is 18.6. The maximum atomic E-state index is 6.05. The van der Waals surface area contributed by atoms with Gasteiger partial charge in [0.1, 0.15) is 5.82 Å². The Kier molecular flexibility index (Phi) is 5.02. The number of piperazine rings is 1. The van der Waals surface area contributed by atoms with Crippen LogP contribution in [0.15, 0.2) is 12.3 Å². The molecule has 1 aliphatic heterocycles. The van der Waals surface area contributed by atoms with E-state index in [0.717, 1.165) is 37.6 Å². The molecule has 1 aromatic heterocycles. The monoisotopic (exact) mass is 282 g/mol. The average molecular weight is 283 g/mol. The summed E-state index contributed by atoms with van der Waals surface area (Å²) in [6.07, 6.45) is 2.91. The molecule has 106 valence electrons. The quantitative estimate of drug-likeness (QED) is 0.919. The topological polar surface area (TPSA) is 45.4 Å². The third-order valence-corrected chi connectivity index (χ3v) is 4.33. The SMILES string of the molecule is CCC(C)N1CCN(c2cc(CN)c(Cl)cn2)CC1. The molecule has 0 amide bonds. The Labute approximate surface area is 120 Å². The molecular weight excluding hydrogens is 260 g/mol. The molecule has 0 spiro atoms. The number of hydrogen-bond acceptors (Lipinski definition) is 4. The molecule has 19 heavy (non-hydrogen) atoms. The van der Waals surface area contributed by atoms with Gasteiger partial charge in [-0.05, 0) is 25.0 Å². The summed E-state index contributed by atoms with van der Waals surface area (Å²) >= 11 is 6.05. The van der Waals surface area contributed by atoms with Crippen LogP contribution in [0.1, 0.15) is 25.8 Å². The number of rotatable bonds is 4. The molecule has 0 aliphatic carbocycles. The van der Waals surface area contributed by atoms with Crippen molar-refractivity contribution in [2.75, 3.05) is 31.1 Å². The number of aromatic nitrogens is 1. The highest BCUT2D eigenvalue weighted by Gasteiger charge is 2.21. The highest BCUT2D eigenvalue weighted by Crippen LogP contribution is 2.21. The molecule has 1 atom stereocenters. The summed E-state index contributed by atoms with van der Waals surface area (Å²) in [5.41, 5.74) is 6.66. The molecule has 5 heteroatoms. The Morgan fingerprint density at radius 1 is 1.37 bits per heavy atom. The standard InChI is InChI=1S/C14H23ClN4/c1-3-11(2)18-4-6-19(7-5-18)14-8-12(9-16)13(15)10-17-14/h8,10-11H,3-7,9,16H2,1-2H3. The van der Waals surface area contributed by atoms with Crippen molar-refractivity contribution in [1.82, 2.24) is 9.88 Å². The Morgan fingerprint density at radius 3 is 2.63 bits per heavy atom. The molecule has 0 radical (unpaired) electrons. The summed E-state index contributed by atoms with van der Waals surface area (Å²) in [6, 6.07) is 2.68. The predicted molar refractivity (Wildman–Crippen MR) is 80.7 cm³/mol. The molecule has 0 aromatic carbocycles. The van der Waals surface area contributed by atoms with E-state index in [0.29, 0.717) is 17.6 Å². The second-order valence-corrected chi connectivity index (χ2v) is 5.53. The molecule has 0 saturated carbocycles. The van der Waals surface area contributed by atoms with Gasteiger partial charge in [0.15, 0.2) is 0 Å². The average Bonchev–Trinajstić information content (AvgIpc) is 2.47. The van der Waals surface area contributed by atoms with Crippen LogP contribution in [0.4, 0.5) is 5.82 Å². The fourth-order valence-electron chi connectivity index (χ4n) is 2.45. The van der Waals surface area contributed by atoms with Crippen molar-refractivity contribution in [3.05, 3.63) is 22.8 Å². The summed E-state index contributed by atoms with van der Waals surface area (Å²) in [4.78, 5) is 9.27. The van der Waals surface area contributed by atoms with Crippen LogP contribution in [0.3, 0.4) is 0 Å². The van der Waals surface area contributed by atoms with E-state index < -0.39 is 0 Å². The summed E-state index contributed by atoms with van der Waals surface area (Å²) in [6.45, 7) is 9.22. The van der Waals surface area contributed by atoms with Crippen molar-refractivity contribution in [2.45, 2.75) is 32.9 Å². The molecule has 1 aromatic rings. The summed E-state index contributed by atoms with van der Waals surface area (Å²) in [5, 5.41) is 0.657. The summed E-state index contributed by atoms with van der Waals surface area (Å²) < 4.78 is 0. The van der Waals surface area contributed by atoms with Gasteiger partial charge in [-0.15, -0.1) is 0 Å². The molecule has 1 saturated heterocycles. The Hall–Kier alpha value is -0.840. The fraction of sp³-hybridized carbons (Fsp3) is 0.643. The molecular formula is C14H23ClN4. The second kappa shape index (κ2) is 6.55. The first-order chi connectivity index (χ1) is 9.15. The maximum Gasteiger partial charge on any atom is 0.128 e. The number of hydrogen-bond donors (Lipinski definition) is 1. The van der Waals surface area contributed by atoms with Crippen molar-refractivity contribution < 1.29 is 0 Å². The van der Waals surface area contributed by atoms with Gasteiger partial charge >= 0.3 is 0 Å². The molecule has 1 unspecified atom stereocenters. The number of pyridine rings is 1. The second-order valence-electron chi connectivity index (χ2n) is 5.12. The van der Waals surface area contributed by atoms with Gasteiger partial charge in [-0.25, -0.2) is 4.98 Å². The summed E-state index contributed by atoms with van der Waals surface area (Å²) in [7, 11) is 0. The van der Waals surface area contributed by atoms with Crippen LogP contribution in [-0.4, -0.2) is 42.1 Å². The molecule has 4 nitrogen and oxygen atoms in total. The molecule has 0 bridgehead atoms. The zero-order valence-electron chi connectivity index (χ0n) is 11.8. The third kappa shape index (κ3) is 3.38. The van der Waals surface area contributed by atoms with E-state index in [-0.39, 0.29) is 0 Å². The van der Waals surface area contributed by atoms with Gasteiger partial charge in [0, 0.05) is 45.0 Å². The van der Waals surface area contributed by atoms with Crippen LogP contribution >= 0.6 is 11.6 Å². The van der Waals surface area contributed by atoms with Crippen LogP contribution in [0.2, 0.25) is 5.02 Å². The summed E-state index contributed by atoms with van der Waals surface area (Å²) in [5.74, 6) is 0.994. The molecule has 2 heterocycles. The number of anilines is 1. The van der Waals surface area contributed by atoms with Crippen molar-refractivity contribution in [3.8, 4) is 0 Å². The minimum atomic E-state index is 0.460. The first kappa shape index (κ1) is 14.6. The van der Waals surface area contributed by atoms with Gasteiger partial charge in [-0.3, -0.25) is 4.90 Å². The molecule has 1 fully saturated rings. The molecule has 1 aliphatic rings. The zero-order valence-corrected chi connectivity index (χ0v) is 12.5. The lowest BCUT2D eigenvalue weighted by atomic mass is 10.2. The van der Waals surface area contributed by atoms with Crippen molar-refractivity contribution in [2.24, 2.45) is 5.73 Å². The van der Waals surface area contributed by atoms with E-state index >= 15 is 0 Å². The Bertz CT molecular complexity index is 416.